The molecule has 2 rings (SSSR count). The number of halogens is 1. The second-order valence-electron chi connectivity index (χ2n) is 3.49. The maximum atomic E-state index is 5.20. The van der Waals surface area contributed by atoms with Gasteiger partial charge >= 0.3 is 0 Å². The molecule has 0 radical (unpaired) electrons. The fraction of sp³-hybridized carbons (Fsp3) is 0.455. The molecule has 1 atom stereocenters. The smallest absolute Gasteiger partial charge is 0.119 e. The highest BCUT2D eigenvalue weighted by Crippen LogP contribution is 2.19. The van der Waals surface area contributed by atoms with E-state index in [0.717, 1.165) is 25.4 Å². The van der Waals surface area contributed by atoms with Crippen molar-refractivity contribution >= 4 is 12.4 Å². The zero-order valence-corrected chi connectivity index (χ0v) is 9.64. The summed E-state index contributed by atoms with van der Waals surface area (Å²) in [6.45, 7) is 3.08. The molecule has 1 heterocycles. The number of piperazine rings is 1. The van der Waals surface area contributed by atoms with Gasteiger partial charge in [0.1, 0.15) is 5.75 Å². The number of rotatable bonds is 2. The van der Waals surface area contributed by atoms with Crippen LogP contribution in [0.5, 0.6) is 5.75 Å². The topological polar surface area (TPSA) is 33.3 Å². The van der Waals surface area contributed by atoms with Gasteiger partial charge in [-0.25, -0.2) is 0 Å². The lowest BCUT2D eigenvalue weighted by molar-refractivity contribution is 0.407. The Morgan fingerprint density at radius 1 is 1.33 bits per heavy atom. The van der Waals surface area contributed by atoms with Gasteiger partial charge in [0.2, 0.25) is 0 Å². The Kier molecular flexibility index (Phi) is 4.88. The average molecular weight is 229 g/mol. The van der Waals surface area contributed by atoms with E-state index in [4.69, 9.17) is 4.74 Å². The van der Waals surface area contributed by atoms with Crippen LogP contribution >= 0.6 is 12.4 Å². The van der Waals surface area contributed by atoms with Gasteiger partial charge in [0.15, 0.2) is 0 Å². The molecule has 1 aromatic rings. The van der Waals surface area contributed by atoms with Gasteiger partial charge in [0.05, 0.1) is 7.11 Å². The second-order valence-corrected chi connectivity index (χ2v) is 3.49. The normalized spacial score (nSPS) is 20.5. The van der Waals surface area contributed by atoms with E-state index in [1.165, 1.54) is 5.56 Å². The average Bonchev–Trinajstić information content (AvgIpc) is 2.30. The first kappa shape index (κ1) is 12.3. The van der Waals surface area contributed by atoms with Gasteiger partial charge < -0.3 is 15.4 Å². The van der Waals surface area contributed by atoms with Gasteiger partial charge in [-0.2, -0.15) is 0 Å². The molecule has 2 N–H and O–H groups in total. The summed E-state index contributed by atoms with van der Waals surface area (Å²) in [5.74, 6) is 0.926. The molecular formula is C11H17ClN2O. The van der Waals surface area contributed by atoms with Crippen molar-refractivity contribution < 1.29 is 4.74 Å². The predicted molar refractivity (Wildman–Crippen MR) is 63.9 cm³/mol. The van der Waals surface area contributed by atoms with Gasteiger partial charge in [-0.1, -0.05) is 12.1 Å². The third-order valence-corrected chi connectivity index (χ3v) is 2.54. The first-order chi connectivity index (χ1) is 6.90. The summed E-state index contributed by atoms with van der Waals surface area (Å²) in [5, 5.41) is 6.84. The van der Waals surface area contributed by atoms with Gasteiger partial charge in [-0.05, 0) is 17.7 Å². The van der Waals surface area contributed by atoms with Crippen molar-refractivity contribution in [3.05, 3.63) is 29.8 Å². The number of benzene rings is 1. The fourth-order valence-corrected chi connectivity index (χ4v) is 1.75. The molecule has 0 amide bonds. The highest BCUT2D eigenvalue weighted by Gasteiger charge is 2.13. The minimum atomic E-state index is 0. The van der Waals surface area contributed by atoms with Crippen molar-refractivity contribution in [2.45, 2.75) is 6.04 Å². The van der Waals surface area contributed by atoms with Crippen LogP contribution in [0.2, 0.25) is 0 Å². The largest absolute Gasteiger partial charge is 0.497 e. The molecule has 84 valence electrons. The maximum Gasteiger partial charge on any atom is 0.119 e. The van der Waals surface area contributed by atoms with E-state index in [1.807, 2.05) is 12.1 Å². The van der Waals surface area contributed by atoms with Crippen LogP contribution in [0.3, 0.4) is 0 Å². The molecule has 1 saturated heterocycles. The number of ether oxygens (including phenoxy) is 1. The van der Waals surface area contributed by atoms with Crippen LogP contribution in [0.4, 0.5) is 0 Å². The van der Waals surface area contributed by atoms with E-state index >= 15 is 0 Å². The van der Waals surface area contributed by atoms with Crippen molar-refractivity contribution in [2.75, 3.05) is 26.7 Å². The molecule has 0 saturated carbocycles. The molecule has 0 aliphatic carbocycles. The Morgan fingerprint density at radius 2 is 2.20 bits per heavy atom. The number of methoxy groups -OCH3 is 1. The summed E-state index contributed by atoms with van der Waals surface area (Å²) in [7, 11) is 1.70. The molecule has 4 heteroatoms. The summed E-state index contributed by atoms with van der Waals surface area (Å²) >= 11 is 0. The van der Waals surface area contributed by atoms with Gasteiger partial charge in [-0.15, -0.1) is 12.4 Å². The minimum absolute atomic E-state index is 0. The second kappa shape index (κ2) is 5.95. The molecule has 1 aliphatic heterocycles. The molecule has 15 heavy (non-hydrogen) atoms. The number of nitrogens with one attached hydrogen (secondary N) is 2. The molecule has 0 spiro atoms. The van der Waals surface area contributed by atoms with Gasteiger partial charge in [0, 0.05) is 25.7 Å². The first-order valence-electron chi connectivity index (χ1n) is 4.98. The van der Waals surface area contributed by atoms with Crippen LogP contribution in [0.15, 0.2) is 24.3 Å². The van der Waals surface area contributed by atoms with E-state index in [9.17, 15) is 0 Å². The first-order valence-corrected chi connectivity index (χ1v) is 4.98. The Morgan fingerprint density at radius 3 is 2.87 bits per heavy atom. The lowest BCUT2D eigenvalue weighted by Gasteiger charge is -2.25. The van der Waals surface area contributed by atoms with Crippen molar-refractivity contribution in [1.29, 1.82) is 0 Å². The van der Waals surface area contributed by atoms with E-state index < -0.39 is 0 Å². The van der Waals surface area contributed by atoms with Crippen LogP contribution in [-0.4, -0.2) is 26.7 Å². The van der Waals surface area contributed by atoms with Gasteiger partial charge in [-0.3, -0.25) is 0 Å². The zero-order valence-electron chi connectivity index (χ0n) is 8.82. The van der Waals surface area contributed by atoms with Crippen molar-refractivity contribution in [3.63, 3.8) is 0 Å². The van der Waals surface area contributed by atoms with E-state index in [1.54, 1.807) is 7.11 Å². The highest BCUT2D eigenvalue weighted by atomic mass is 35.5. The summed E-state index contributed by atoms with van der Waals surface area (Å²) < 4.78 is 5.20. The third kappa shape index (κ3) is 3.09. The third-order valence-electron chi connectivity index (χ3n) is 2.54. The summed E-state index contributed by atoms with van der Waals surface area (Å²) in [6, 6.07) is 8.64. The maximum absolute atomic E-state index is 5.20. The summed E-state index contributed by atoms with van der Waals surface area (Å²) in [6.07, 6.45) is 0. The van der Waals surface area contributed by atoms with Crippen LogP contribution in [0.1, 0.15) is 11.6 Å². The Bertz CT molecular complexity index is 300. The Labute approximate surface area is 96.6 Å². The minimum Gasteiger partial charge on any atom is -0.497 e. The fourth-order valence-electron chi connectivity index (χ4n) is 1.75. The SMILES string of the molecule is COc1cccc([C@@H]2CNCCN2)c1.Cl. The monoisotopic (exact) mass is 228 g/mol. The van der Waals surface area contributed by atoms with Crippen LogP contribution in [-0.2, 0) is 0 Å². The number of hydrogen-bond donors (Lipinski definition) is 2. The van der Waals surface area contributed by atoms with Crippen LogP contribution < -0.4 is 15.4 Å². The predicted octanol–water partition coefficient (Wildman–Crippen LogP) is 1.35. The summed E-state index contributed by atoms with van der Waals surface area (Å²) in [4.78, 5) is 0. The quantitative estimate of drug-likeness (QED) is 0.802. The van der Waals surface area contributed by atoms with Crippen LogP contribution in [0.25, 0.3) is 0 Å². The molecule has 1 fully saturated rings. The van der Waals surface area contributed by atoms with E-state index in [0.29, 0.717) is 6.04 Å². The molecule has 0 aromatic heterocycles. The summed E-state index contributed by atoms with van der Waals surface area (Å²) in [5.41, 5.74) is 1.29. The van der Waals surface area contributed by atoms with Crippen LogP contribution in [0, 0.1) is 0 Å². The molecule has 0 unspecified atom stereocenters. The Balaban J connectivity index is 0.00000112. The zero-order chi connectivity index (χ0) is 9.80. The molecule has 1 aromatic carbocycles. The van der Waals surface area contributed by atoms with E-state index in [2.05, 4.69) is 22.8 Å². The highest BCUT2D eigenvalue weighted by molar-refractivity contribution is 5.85. The van der Waals surface area contributed by atoms with Crippen molar-refractivity contribution in [2.24, 2.45) is 0 Å². The molecule has 1 aliphatic rings. The molecule has 0 bridgehead atoms. The molecule has 3 nitrogen and oxygen atoms in total. The van der Waals surface area contributed by atoms with E-state index in [-0.39, 0.29) is 12.4 Å². The van der Waals surface area contributed by atoms with Crippen molar-refractivity contribution in [3.8, 4) is 5.75 Å². The Hall–Kier alpha value is -0.770. The lowest BCUT2D eigenvalue weighted by Crippen LogP contribution is -2.42. The lowest BCUT2D eigenvalue weighted by atomic mass is 10.1. The standard InChI is InChI=1S/C11H16N2O.ClH/c1-14-10-4-2-3-9(7-10)11-8-12-5-6-13-11;/h2-4,7,11-13H,5-6,8H2,1H3;1H/t11-;/m0./s1. The van der Waals surface area contributed by atoms with Gasteiger partial charge in [0.25, 0.3) is 0 Å². The molecular weight excluding hydrogens is 212 g/mol. The van der Waals surface area contributed by atoms with Crippen molar-refractivity contribution in [1.82, 2.24) is 10.6 Å². The number of hydrogen-bond acceptors (Lipinski definition) is 3.